The van der Waals surface area contributed by atoms with Gasteiger partial charge in [-0.3, -0.25) is 4.79 Å². The fourth-order valence-corrected chi connectivity index (χ4v) is 2.60. The van der Waals surface area contributed by atoms with Crippen molar-refractivity contribution >= 4 is 28.8 Å². The number of carboxylic acid groups (broad SMARTS) is 1. The molecule has 0 aliphatic rings. The van der Waals surface area contributed by atoms with Crippen LogP contribution in [0.1, 0.15) is 6.92 Å². The maximum atomic E-state index is 13.7. The summed E-state index contributed by atoms with van der Waals surface area (Å²) in [6, 6.07) is 4.72. The molecular formula is C13H15FN2O3S. The molecule has 0 radical (unpaired) electrons. The second-order valence-corrected chi connectivity index (χ2v) is 4.98. The Kier molecular flexibility index (Phi) is 4.97. The number of hydrogen-bond acceptors (Lipinski definition) is 4. The minimum absolute atomic E-state index is 0.112. The van der Waals surface area contributed by atoms with E-state index in [1.165, 1.54) is 6.07 Å². The van der Waals surface area contributed by atoms with Gasteiger partial charge in [-0.15, -0.1) is 0 Å². The number of carbonyl (C=O) groups is 1. The van der Waals surface area contributed by atoms with Crippen LogP contribution in [0.5, 0.6) is 0 Å². The Hall–Kier alpha value is -1.60. The van der Waals surface area contributed by atoms with Crippen LogP contribution < -0.4 is 0 Å². The van der Waals surface area contributed by atoms with Crippen molar-refractivity contribution in [2.75, 3.05) is 19.0 Å². The van der Waals surface area contributed by atoms with Crippen molar-refractivity contribution in [2.45, 2.75) is 18.6 Å². The Morgan fingerprint density at radius 3 is 3.05 bits per heavy atom. The van der Waals surface area contributed by atoms with Crippen LogP contribution in [0.3, 0.4) is 0 Å². The molecule has 108 valence electrons. The maximum absolute atomic E-state index is 13.7. The normalized spacial score (nSPS) is 11.1. The van der Waals surface area contributed by atoms with Crippen LogP contribution >= 0.6 is 11.8 Å². The Morgan fingerprint density at radius 2 is 2.35 bits per heavy atom. The van der Waals surface area contributed by atoms with Crippen LogP contribution in [-0.4, -0.2) is 39.6 Å². The number of fused-ring (bicyclic) bond motifs is 1. The highest BCUT2D eigenvalue weighted by molar-refractivity contribution is 7.99. The molecule has 0 fully saturated rings. The zero-order valence-corrected chi connectivity index (χ0v) is 11.8. The average Bonchev–Trinajstić information content (AvgIpc) is 2.77. The molecule has 0 amide bonds. The first kappa shape index (κ1) is 14.8. The van der Waals surface area contributed by atoms with E-state index in [2.05, 4.69) is 4.98 Å². The van der Waals surface area contributed by atoms with Gasteiger partial charge in [-0.1, -0.05) is 17.8 Å². The third-order valence-corrected chi connectivity index (χ3v) is 3.64. The second kappa shape index (κ2) is 6.71. The highest BCUT2D eigenvalue weighted by Gasteiger charge is 2.15. The highest BCUT2D eigenvalue weighted by atomic mass is 32.2. The van der Waals surface area contributed by atoms with Crippen LogP contribution in [0.15, 0.2) is 23.4 Å². The van der Waals surface area contributed by atoms with Crippen LogP contribution in [0.2, 0.25) is 0 Å². The fraction of sp³-hybridized carbons (Fsp3) is 0.385. The summed E-state index contributed by atoms with van der Waals surface area (Å²) in [4.78, 5) is 14.9. The first-order valence-corrected chi connectivity index (χ1v) is 7.19. The summed E-state index contributed by atoms with van der Waals surface area (Å²) >= 11 is 1.08. The monoisotopic (exact) mass is 298 g/mol. The number of nitrogens with zero attached hydrogens (tertiary/aromatic N) is 2. The molecule has 1 N–H and O–H groups in total. The molecule has 2 rings (SSSR count). The first-order valence-electron chi connectivity index (χ1n) is 6.20. The third kappa shape index (κ3) is 3.29. The van der Waals surface area contributed by atoms with Crippen LogP contribution in [0.4, 0.5) is 4.39 Å². The first-order chi connectivity index (χ1) is 9.63. The third-order valence-electron chi connectivity index (χ3n) is 2.68. The number of aliphatic carboxylic acids is 1. The van der Waals surface area contributed by atoms with Gasteiger partial charge in [0.2, 0.25) is 0 Å². The Bertz CT molecular complexity index is 615. The molecule has 20 heavy (non-hydrogen) atoms. The summed E-state index contributed by atoms with van der Waals surface area (Å²) in [6.07, 6.45) is 0. The van der Waals surface area contributed by atoms with Gasteiger partial charge in [0.15, 0.2) is 11.0 Å². The Morgan fingerprint density at radius 1 is 1.55 bits per heavy atom. The van der Waals surface area contributed by atoms with E-state index in [1.54, 1.807) is 16.7 Å². The van der Waals surface area contributed by atoms with Gasteiger partial charge in [0, 0.05) is 13.2 Å². The van der Waals surface area contributed by atoms with Crippen molar-refractivity contribution in [3.05, 3.63) is 24.0 Å². The van der Waals surface area contributed by atoms with Crippen LogP contribution in [-0.2, 0) is 16.1 Å². The molecule has 5 nitrogen and oxygen atoms in total. The number of para-hydroxylation sites is 1. The Balaban J connectivity index is 2.34. The van der Waals surface area contributed by atoms with Gasteiger partial charge in [0.05, 0.1) is 17.9 Å². The lowest BCUT2D eigenvalue weighted by Gasteiger charge is -2.08. The largest absolute Gasteiger partial charge is 0.481 e. The predicted molar refractivity (Wildman–Crippen MR) is 74.5 cm³/mol. The molecule has 1 aromatic carbocycles. The van der Waals surface area contributed by atoms with E-state index < -0.39 is 11.8 Å². The number of aromatic nitrogens is 2. The number of halogens is 1. The van der Waals surface area contributed by atoms with E-state index in [9.17, 15) is 9.18 Å². The van der Waals surface area contributed by atoms with Gasteiger partial charge < -0.3 is 14.4 Å². The summed E-state index contributed by atoms with van der Waals surface area (Å²) in [5, 5.41) is 9.25. The number of hydrogen-bond donors (Lipinski definition) is 1. The van der Waals surface area contributed by atoms with Gasteiger partial charge in [-0.2, -0.15) is 0 Å². The second-order valence-electron chi connectivity index (χ2n) is 4.03. The topological polar surface area (TPSA) is 64.3 Å². The molecular weight excluding hydrogens is 283 g/mol. The lowest BCUT2D eigenvalue weighted by atomic mass is 10.3. The molecule has 0 bridgehead atoms. The number of imidazole rings is 1. The van der Waals surface area contributed by atoms with E-state index in [-0.39, 0.29) is 11.3 Å². The molecule has 0 aliphatic heterocycles. The van der Waals surface area contributed by atoms with Crippen molar-refractivity contribution in [2.24, 2.45) is 0 Å². The number of carboxylic acids is 1. The van der Waals surface area contributed by atoms with Gasteiger partial charge in [-0.25, -0.2) is 9.37 Å². The molecule has 7 heteroatoms. The number of ether oxygens (including phenoxy) is 1. The number of benzene rings is 1. The maximum Gasteiger partial charge on any atom is 0.313 e. The van der Waals surface area contributed by atoms with Crippen LogP contribution in [0, 0.1) is 5.82 Å². The smallest absolute Gasteiger partial charge is 0.313 e. The van der Waals surface area contributed by atoms with Gasteiger partial charge in [0.1, 0.15) is 5.52 Å². The van der Waals surface area contributed by atoms with E-state index in [0.29, 0.717) is 30.4 Å². The zero-order valence-electron chi connectivity index (χ0n) is 11.0. The molecule has 1 heterocycles. The van der Waals surface area contributed by atoms with E-state index in [1.807, 2.05) is 6.92 Å². The highest BCUT2D eigenvalue weighted by Crippen LogP contribution is 2.25. The Labute approximate surface area is 119 Å². The van der Waals surface area contributed by atoms with E-state index in [4.69, 9.17) is 9.84 Å². The lowest BCUT2D eigenvalue weighted by molar-refractivity contribution is -0.133. The summed E-state index contributed by atoms with van der Waals surface area (Å²) in [6.45, 7) is 3.47. The molecule has 0 saturated carbocycles. The molecule has 0 unspecified atom stereocenters. The van der Waals surface area contributed by atoms with Crippen molar-refractivity contribution in [3.63, 3.8) is 0 Å². The van der Waals surface area contributed by atoms with Crippen molar-refractivity contribution < 1.29 is 19.0 Å². The molecule has 0 atom stereocenters. The van der Waals surface area contributed by atoms with E-state index in [0.717, 1.165) is 11.8 Å². The van der Waals surface area contributed by atoms with Gasteiger partial charge in [-0.05, 0) is 19.1 Å². The number of rotatable bonds is 7. The number of thioether (sulfide) groups is 1. The van der Waals surface area contributed by atoms with Gasteiger partial charge in [0.25, 0.3) is 0 Å². The quantitative estimate of drug-likeness (QED) is 0.628. The standard InChI is InChI=1S/C13H15FN2O3S/c1-2-19-7-6-16-10-5-3-4-9(14)12(10)15-13(16)20-8-11(17)18/h3-5H,2,6-8H2,1H3,(H,17,18). The summed E-state index contributed by atoms with van der Waals surface area (Å²) < 4.78 is 20.8. The zero-order chi connectivity index (χ0) is 14.5. The average molecular weight is 298 g/mol. The SMILES string of the molecule is CCOCCn1c(SCC(=O)O)nc2c(F)cccc21. The summed E-state index contributed by atoms with van der Waals surface area (Å²) in [5.74, 6) is -1.45. The molecule has 0 aliphatic carbocycles. The van der Waals surface area contributed by atoms with Crippen molar-refractivity contribution in [1.29, 1.82) is 0 Å². The molecule has 1 aromatic heterocycles. The van der Waals surface area contributed by atoms with Crippen LogP contribution in [0.25, 0.3) is 11.0 Å². The molecule has 0 spiro atoms. The molecule has 2 aromatic rings. The van der Waals surface area contributed by atoms with Crippen molar-refractivity contribution in [1.82, 2.24) is 9.55 Å². The lowest BCUT2D eigenvalue weighted by Crippen LogP contribution is -2.08. The van der Waals surface area contributed by atoms with E-state index >= 15 is 0 Å². The van der Waals surface area contributed by atoms with Crippen molar-refractivity contribution in [3.8, 4) is 0 Å². The predicted octanol–water partition coefficient (Wildman–Crippen LogP) is 2.39. The fourth-order valence-electron chi connectivity index (χ4n) is 1.84. The minimum atomic E-state index is -0.932. The molecule has 0 saturated heterocycles. The summed E-state index contributed by atoms with van der Waals surface area (Å²) in [7, 11) is 0. The summed E-state index contributed by atoms with van der Waals surface area (Å²) in [5.41, 5.74) is 0.912. The van der Waals surface area contributed by atoms with Gasteiger partial charge >= 0.3 is 5.97 Å². The minimum Gasteiger partial charge on any atom is -0.481 e.